The summed E-state index contributed by atoms with van der Waals surface area (Å²) in [5.41, 5.74) is 0.297. The number of nitrogens with one attached hydrogen (secondary N) is 1. The maximum Gasteiger partial charge on any atom is 0.126 e. The Labute approximate surface area is 116 Å². The van der Waals surface area contributed by atoms with Gasteiger partial charge in [-0.05, 0) is 30.7 Å². The molecule has 2 nitrogen and oxygen atoms in total. The third-order valence-electron chi connectivity index (χ3n) is 2.89. The summed E-state index contributed by atoms with van der Waals surface area (Å²) in [6.07, 6.45) is 0. The fourth-order valence-electron chi connectivity index (χ4n) is 1.83. The third kappa shape index (κ3) is 3.69. The molecule has 2 N–H and O–H groups in total. The zero-order chi connectivity index (χ0) is 13.9. The number of hydrogen-bond donors (Lipinski definition) is 2. The Kier molecular flexibility index (Phi) is 4.08. The van der Waals surface area contributed by atoms with E-state index >= 15 is 0 Å². The van der Waals surface area contributed by atoms with Crippen LogP contribution in [0.1, 0.15) is 12.5 Å². The van der Waals surface area contributed by atoms with E-state index in [1.807, 2.05) is 30.3 Å². The highest BCUT2D eigenvalue weighted by Crippen LogP contribution is 2.23. The molecular formula is C15H15ClFNO. The lowest BCUT2D eigenvalue weighted by molar-refractivity contribution is 0.0715. The van der Waals surface area contributed by atoms with Crippen LogP contribution in [0.2, 0.25) is 5.02 Å². The van der Waals surface area contributed by atoms with Gasteiger partial charge in [-0.15, -0.1) is 0 Å². The fourth-order valence-corrected chi connectivity index (χ4v) is 2.05. The molecule has 0 aliphatic rings. The normalized spacial score (nSPS) is 13.9. The molecule has 19 heavy (non-hydrogen) atoms. The van der Waals surface area contributed by atoms with Crippen LogP contribution in [-0.4, -0.2) is 11.7 Å². The molecule has 1 unspecified atom stereocenters. The van der Waals surface area contributed by atoms with E-state index in [1.165, 1.54) is 12.1 Å². The van der Waals surface area contributed by atoms with Crippen LogP contribution in [0.15, 0.2) is 48.5 Å². The molecule has 1 atom stereocenters. The zero-order valence-electron chi connectivity index (χ0n) is 10.5. The molecule has 0 spiro atoms. The van der Waals surface area contributed by atoms with Crippen molar-refractivity contribution in [1.29, 1.82) is 0 Å². The lowest BCUT2D eigenvalue weighted by Crippen LogP contribution is -2.30. The standard InChI is InChI=1S/C15H15ClFNO/c1-15(19,11-5-3-2-4-6-11)10-18-14-8-12(16)7-13(17)9-14/h2-9,18-19H,10H2,1H3. The Morgan fingerprint density at radius 2 is 1.89 bits per heavy atom. The highest BCUT2D eigenvalue weighted by Gasteiger charge is 2.22. The summed E-state index contributed by atoms with van der Waals surface area (Å²) >= 11 is 5.77. The van der Waals surface area contributed by atoms with Crippen LogP contribution in [0.5, 0.6) is 0 Å². The van der Waals surface area contributed by atoms with Gasteiger partial charge in [0.15, 0.2) is 0 Å². The van der Waals surface area contributed by atoms with E-state index in [1.54, 1.807) is 13.0 Å². The molecule has 100 valence electrons. The van der Waals surface area contributed by atoms with Gasteiger partial charge < -0.3 is 10.4 Å². The molecule has 0 radical (unpaired) electrons. The minimum absolute atomic E-state index is 0.261. The molecule has 2 rings (SSSR count). The maximum atomic E-state index is 13.2. The lowest BCUT2D eigenvalue weighted by atomic mass is 9.96. The predicted octanol–water partition coefficient (Wildman–Crippen LogP) is 3.80. The van der Waals surface area contributed by atoms with Crippen LogP contribution in [-0.2, 0) is 5.60 Å². The first-order valence-corrected chi connectivity index (χ1v) is 6.33. The number of rotatable bonds is 4. The van der Waals surface area contributed by atoms with Crippen molar-refractivity contribution in [2.45, 2.75) is 12.5 Å². The Morgan fingerprint density at radius 3 is 2.53 bits per heavy atom. The summed E-state index contributed by atoms with van der Waals surface area (Å²) in [6, 6.07) is 13.5. The summed E-state index contributed by atoms with van der Waals surface area (Å²) in [5.74, 6) is -0.408. The highest BCUT2D eigenvalue weighted by molar-refractivity contribution is 6.30. The van der Waals surface area contributed by atoms with E-state index in [0.717, 1.165) is 5.56 Å². The molecule has 0 aliphatic heterocycles. The SMILES string of the molecule is CC(O)(CNc1cc(F)cc(Cl)c1)c1ccccc1. The minimum atomic E-state index is -1.04. The number of benzene rings is 2. The molecule has 2 aromatic rings. The quantitative estimate of drug-likeness (QED) is 0.892. The number of hydrogen-bond acceptors (Lipinski definition) is 2. The van der Waals surface area contributed by atoms with Gasteiger partial charge in [-0.3, -0.25) is 0 Å². The average molecular weight is 280 g/mol. The van der Waals surface area contributed by atoms with E-state index < -0.39 is 11.4 Å². The van der Waals surface area contributed by atoms with Gasteiger partial charge in [0, 0.05) is 17.3 Å². The van der Waals surface area contributed by atoms with Gasteiger partial charge in [0.05, 0.1) is 0 Å². The first-order valence-electron chi connectivity index (χ1n) is 5.95. The molecule has 2 aromatic carbocycles. The van der Waals surface area contributed by atoms with E-state index in [2.05, 4.69) is 5.32 Å². The number of halogens is 2. The van der Waals surface area contributed by atoms with Gasteiger partial charge >= 0.3 is 0 Å². The van der Waals surface area contributed by atoms with Gasteiger partial charge in [0.1, 0.15) is 11.4 Å². The van der Waals surface area contributed by atoms with Gasteiger partial charge in [0.2, 0.25) is 0 Å². The van der Waals surface area contributed by atoms with Crippen LogP contribution in [0.4, 0.5) is 10.1 Å². The molecule has 0 amide bonds. The lowest BCUT2D eigenvalue weighted by Gasteiger charge is -2.24. The van der Waals surface area contributed by atoms with E-state index in [9.17, 15) is 9.50 Å². The minimum Gasteiger partial charge on any atom is -0.384 e. The van der Waals surface area contributed by atoms with Crippen molar-refractivity contribution in [2.24, 2.45) is 0 Å². The van der Waals surface area contributed by atoms with Crippen LogP contribution < -0.4 is 5.32 Å². The molecule has 4 heteroatoms. The first-order chi connectivity index (χ1) is 8.97. The Balaban J connectivity index is 2.09. The summed E-state index contributed by atoms with van der Waals surface area (Å²) in [6.45, 7) is 1.97. The second-order valence-corrected chi connectivity index (χ2v) is 5.09. The van der Waals surface area contributed by atoms with Crippen LogP contribution in [0.3, 0.4) is 0 Å². The van der Waals surface area contributed by atoms with Gasteiger partial charge in [0.25, 0.3) is 0 Å². The Bertz CT molecular complexity index is 537. The topological polar surface area (TPSA) is 32.3 Å². The Morgan fingerprint density at radius 1 is 1.21 bits per heavy atom. The molecular weight excluding hydrogens is 265 g/mol. The first kappa shape index (κ1) is 13.8. The highest BCUT2D eigenvalue weighted by atomic mass is 35.5. The Hall–Kier alpha value is -1.58. The zero-order valence-corrected chi connectivity index (χ0v) is 11.3. The fraction of sp³-hybridized carbons (Fsp3) is 0.200. The van der Waals surface area contributed by atoms with E-state index in [4.69, 9.17) is 11.6 Å². The van der Waals surface area contributed by atoms with Crippen molar-refractivity contribution in [3.05, 3.63) is 64.9 Å². The molecule has 0 saturated carbocycles. The number of aliphatic hydroxyl groups is 1. The second kappa shape index (κ2) is 5.59. The maximum absolute atomic E-state index is 13.2. The van der Waals surface area contributed by atoms with E-state index in [-0.39, 0.29) is 6.54 Å². The summed E-state index contributed by atoms with van der Waals surface area (Å²) in [5, 5.41) is 13.7. The summed E-state index contributed by atoms with van der Waals surface area (Å²) in [4.78, 5) is 0. The summed E-state index contributed by atoms with van der Waals surface area (Å²) < 4.78 is 13.2. The van der Waals surface area contributed by atoms with Crippen LogP contribution in [0.25, 0.3) is 0 Å². The van der Waals surface area contributed by atoms with Gasteiger partial charge in [-0.1, -0.05) is 41.9 Å². The van der Waals surface area contributed by atoms with Gasteiger partial charge in [-0.2, -0.15) is 0 Å². The van der Waals surface area contributed by atoms with Crippen LogP contribution in [0, 0.1) is 5.82 Å². The van der Waals surface area contributed by atoms with Crippen molar-refractivity contribution < 1.29 is 9.50 Å². The molecule has 0 aromatic heterocycles. The van der Waals surface area contributed by atoms with Crippen molar-refractivity contribution in [2.75, 3.05) is 11.9 Å². The monoisotopic (exact) mass is 279 g/mol. The van der Waals surface area contributed by atoms with Crippen molar-refractivity contribution in [3.8, 4) is 0 Å². The van der Waals surface area contributed by atoms with Crippen LogP contribution >= 0.6 is 11.6 Å². The number of anilines is 1. The molecule has 0 fully saturated rings. The predicted molar refractivity (Wildman–Crippen MR) is 75.9 cm³/mol. The largest absolute Gasteiger partial charge is 0.384 e. The van der Waals surface area contributed by atoms with Crippen molar-refractivity contribution in [3.63, 3.8) is 0 Å². The smallest absolute Gasteiger partial charge is 0.126 e. The third-order valence-corrected chi connectivity index (χ3v) is 3.11. The van der Waals surface area contributed by atoms with Crippen molar-refractivity contribution in [1.82, 2.24) is 0 Å². The molecule has 0 saturated heterocycles. The summed E-state index contributed by atoms with van der Waals surface area (Å²) in [7, 11) is 0. The van der Waals surface area contributed by atoms with Crippen molar-refractivity contribution >= 4 is 17.3 Å². The molecule has 0 bridgehead atoms. The van der Waals surface area contributed by atoms with E-state index in [0.29, 0.717) is 10.7 Å². The average Bonchev–Trinajstić information content (AvgIpc) is 2.37. The molecule has 0 aliphatic carbocycles. The molecule has 0 heterocycles. The van der Waals surface area contributed by atoms with Gasteiger partial charge in [-0.25, -0.2) is 4.39 Å². The second-order valence-electron chi connectivity index (χ2n) is 4.65.